The van der Waals surface area contributed by atoms with E-state index >= 15 is 0 Å². The molecule has 2 rings (SSSR count). The standard InChI is InChI=1S/C19H23N3O2S/c1-22(19(25)20-13-6-14-24-2)21-18(23)17-11-9-16(10-12-17)15-7-4-3-5-8-15/h3-5,7-12H,6,13-14H2,1-2H3,(H,20,25)(H,21,23). The Morgan fingerprint density at radius 2 is 1.72 bits per heavy atom. The average molecular weight is 357 g/mol. The topological polar surface area (TPSA) is 53.6 Å². The van der Waals surface area contributed by atoms with Crippen LogP contribution in [0.2, 0.25) is 0 Å². The molecule has 0 aliphatic rings. The quantitative estimate of drug-likeness (QED) is 0.473. The fourth-order valence-electron chi connectivity index (χ4n) is 2.24. The van der Waals surface area contributed by atoms with Gasteiger partial charge in [0.05, 0.1) is 0 Å². The fraction of sp³-hybridized carbons (Fsp3) is 0.263. The summed E-state index contributed by atoms with van der Waals surface area (Å²) in [5.41, 5.74) is 5.52. The van der Waals surface area contributed by atoms with Crippen LogP contribution in [0.25, 0.3) is 11.1 Å². The second-order valence-electron chi connectivity index (χ2n) is 5.52. The maximum Gasteiger partial charge on any atom is 0.269 e. The van der Waals surface area contributed by atoms with E-state index in [-0.39, 0.29) is 5.91 Å². The monoisotopic (exact) mass is 357 g/mol. The zero-order valence-corrected chi connectivity index (χ0v) is 15.3. The predicted molar refractivity (Wildman–Crippen MR) is 104 cm³/mol. The Kier molecular flexibility index (Phi) is 7.37. The third kappa shape index (κ3) is 5.85. The summed E-state index contributed by atoms with van der Waals surface area (Å²) in [7, 11) is 3.37. The highest BCUT2D eigenvalue weighted by Crippen LogP contribution is 2.19. The van der Waals surface area contributed by atoms with Crippen molar-refractivity contribution >= 4 is 23.2 Å². The first-order chi connectivity index (χ1) is 12.1. The van der Waals surface area contributed by atoms with E-state index in [0.29, 0.717) is 23.8 Å². The van der Waals surface area contributed by atoms with E-state index in [1.54, 1.807) is 26.3 Å². The van der Waals surface area contributed by atoms with Gasteiger partial charge in [-0.1, -0.05) is 42.5 Å². The number of nitrogens with one attached hydrogen (secondary N) is 2. The van der Waals surface area contributed by atoms with Crippen LogP contribution >= 0.6 is 12.2 Å². The lowest BCUT2D eigenvalue weighted by molar-refractivity contribution is 0.0886. The van der Waals surface area contributed by atoms with Gasteiger partial charge in [-0.2, -0.15) is 0 Å². The molecule has 0 aromatic heterocycles. The van der Waals surface area contributed by atoms with E-state index in [2.05, 4.69) is 10.7 Å². The SMILES string of the molecule is COCCCNC(=S)N(C)NC(=O)c1ccc(-c2ccccc2)cc1. The number of rotatable bonds is 6. The van der Waals surface area contributed by atoms with Gasteiger partial charge in [0.2, 0.25) is 0 Å². The van der Waals surface area contributed by atoms with Crippen LogP contribution in [0.5, 0.6) is 0 Å². The smallest absolute Gasteiger partial charge is 0.269 e. The average Bonchev–Trinajstić information content (AvgIpc) is 2.65. The number of benzene rings is 2. The maximum absolute atomic E-state index is 12.3. The number of hydrogen-bond donors (Lipinski definition) is 2. The van der Waals surface area contributed by atoms with Gasteiger partial charge in [0, 0.05) is 32.9 Å². The highest BCUT2D eigenvalue weighted by Gasteiger charge is 2.10. The van der Waals surface area contributed by atoms with E-state index < -0.39 is 0 Å². The summed E-state index contributed by atoms with van der Waals surface area (Å²) in [6.07, 6.45) is 0.847. The van der Waals surface area contributed by atoms with Crippen LogP contribution in [-0.2, 0) is 4.74 Å². The lowest BCUT2D eigenvalue weighted by Gasteiger charge is -2.21. The van der Waals surface area contributed by atoms with Gasteiger partial charge in [0.1, 0.15) is 0 Å². The molecule has 2 N–H and O–H groups in total. The molecule has 0 saturated carbocycles. The normalized spacial score (nSPS) is 10.2. The Morgan fingerprint density at radius 1 is 1.08 bits per heavy atom. The Labute approximate surface area is 154 Å². The number of nitrogens with zero attached hydrogens (tertiary/aromatic N) is 1. The molecule has 0 heterocycles. The van der Waals surface area contributed by atoms with Crippen LogP contribution in [0, 0.1) is 0 Å². The second kappa shape index (κ2) is 9.76. The maximum atomic E-state index is 12.3. The van der Waals surface area contributed by atoms with Crippen molar-refractivity contribution in [3.63, 3.8) is 0 Å². The third-order valence-electron chi connectivity index (χ3n) is 3.63. The first-order valence-corrected chi connectivity index (χ1v) is 8.49. The van der Waals surface area contributed by atoms with Crippen molar-refractivity contribution in [2.24, 2.45) is 0 Å². The molecule has 1 amide bonds. The number of carbonyl (C=O) groups excluding carboxylic acids is 1. The van der Waals surface area contributed by atoms with Gasteiger partial charge in [-0.25, -0.2) is 0 Å². The summed E-state index contributed by atoms with van der Waals surface area (Å²) >= 11 is 5.24. The minimum absolute atomic E-state index is 0.205. The molecule has 132 valence electrons. The zero-order valence-electron chi connectivity index (χ0n) is 14.5. The minimum Gasteiger partial charge on any atom is -0.385 e. The second-order valence-corrected chi connectivity index (χ2v) is 5.91. The largest absolute Gasteiger partial charge is 0.385 e. The first kappa shape index (κ1) is 18.9. The molecule has 25 heavy (non-hydrogen) atoms. The van der Waals surface area contributed by atoms with Crippen LogP contribution in [0.1, 0.15) is 16.8 Å². The molecule has 6 heteroatoms. The Hall–Kier alpha value is -2.44. The van der Waals surface area contributed by atoms with Gasteiger partial charge < -0.3 is 10.1 Å². The van der Waals surface area contributed by atoms with Gasteiger partial charge in [-0.15, -0.1) is 0 Å². The van der Waals surface area contributed by atoms with Crippen LogP contribution < -0.4 is 10.7 Å². The van der Waals surface area contributed by atoms with Crippen molar-refractivity contribution in [3.05, 3.63) is 60.2 Å². The first-order valence-electron chi connectivity index (χ1n) is 8.09. The molecule has 0 spiro atoms. The molecule has 0 fully saturated rings. The summed E-state index contributed by atoms with van der Waals surface area (Å²) in [5.74, 6) is -0.205. The van der Waals surface area contributed by atoms with Gasteiger partial charge in [-0.3, -0.25) is 15.2 Å². The molecular formula is C19H23N3O2S. The van der Waals surface area contributed by atoms with Gasteiger partial charge in [0.25, 0.3) is 5.91 Å². The molecule has 2 aromatic carbocycles. The Morgan fingerprint density at radius 3 is 2.36 bits per heavy atom. The molecule has 0 unspecified atom stereocenters. The molecule has 5 nitrogen and oxygen atoms in total. The molecule has 0 aliphatic heterocycles. The van der Waals surface area contributed by atoms with Crippen molar-refractivity contribution < 1.29 is 9.53 Å². The third-order valence-corrected chi connectivity index (χ3v) is 4.05. The van der Waals surface area contributed by atoms with Crippen LogP contribution in [-0.4, -0.2) is 43.3 Å². The van der Waals surface area contributed by atoms with E-state index in [1.807, 2.05) is 42.5 Å². The summed E-state index contributed by atoms with van der Waals surface area (Å²) in [6, 6.07) is 17.5. The molecule has 0 aliphatic carbocycles. The van der Waals surface area contributed by atoms with Gasteiger partial charge in [-0.05, 0) is 41.9 Å². The Balaban J connectivity index is 1.89. The van der Waals surface area contributed by atoms with Crippen molar-refractivity contribution in [2.45, 2.75) is 6.42 Å². The molecular weight excluding hydrogens is 334 g/mol. The Bertz CT molecular complexity index is 690. The fourth-order valence-corrected chi connectivity index (χ4v) is 2.39. The van der Waals surface area contributed by atoms with Gasteiger partial charge >= 0.3 is 0 Å². The summed E-state index contributed by atoms with van der Waals surface area (Å²) in [4.78, 5) is 12.3. The van der Waals surface area contributed by atoms with Crippen LogP contribution in [0.4, 0.5) is 0 Å². The zero-order chi connectivity index (χ0) is 18.1. The molecule has 0 atom stereocenters. The number of hydrogen-bond acceptors (Lipinski definition) is 3. The molecule has 0 bridgehead atoms. The molecule has 2 aromatic rings. The van der Waals surface area contributed by atoms with Crippen molar-refractivity contribution in [1.82, 2.24) is 15.8 Å². The van der Waals surface area contributed by atoms with E-state index in [4.69, 9.17) is 17.0 Å². The summed E-state index contributed by atoms with van der Waals surface area (Å²) < 4.78 is 4.98. The number of carbonyl (C=O) groups is 1. The van der Waals surface area contributed by atoms with E-state index in [1.165, 1.54) is 5.01 Å². The lowest BCUT2D eigenvalue weighted by Crippen LogP contribution is -2.48. The highest BCUT2D eigenvalue weighted by atomic mass is 32.1. The van der Waals surface area contributed by atoms with Crippen LogP contribution in [0.3, 0.4) is 0 Å². The number of methoxy groups -OCH3 is 1. The number of hydrazine groups is 1. The number of ether oxygens (including phenoxy) is 1. The molecule has 0 radical (unpaired) electrons. The van der Waals surface area contributed by atoms with E-state index in [0.717, 1.165) is 17.5 Å². The predicted octanol–water partition coefficient (Wildman–Crippen LogP) is 2.84. The van der Waals surface area contributed by atoms with E-state index in [9.17, 15) is 4.79 Å². The van der Waals surface area contributed by atoms with Crippen molar-refractivity contribution in [1.29, 1.82) is 0 Å². The van der Waals surface area contributed by atoms with Crippen molar-refractivity contribution in [3.8, 4) is 11.1 Å². The summed E-state index contributed by atoms with van der Waals surface area (Å²) in [6.45, 7) is 1.36. The lowest BCUT2D eigenvalue weighted by atomic mass is 10.0. The molecule has 0 saturated heterocycles. The van der Waals surface area contributed by atoms with Gasteiger partial charge in [0.15, 0.2) is 5.11 Å². The number of thiocarbonyl (C=S) groups is 1. The number of amides is 1. The van der Waals surface area contributed by atoms with Crippen molar-refractivity contribution in [2.75, 3.05) is 27.3 Å². The minimum atomic E-state index is -0.205. The summed E-state index contributed by atoms with van der Waals surface area (Å²) in [5, 5.41) is 5.04. The van der Waals surface area contributed by atoms with Crippen LogP contribution in [0.15, 0.2) is 54.6 Å². The highest BCUT2D eigenvalue weighted by molar-refractivity contribution is 7.80.